The van der Waals surface area contributed by atoms with Crippen LogP contribution in [0.1, 0.15) is 39.5 Å². The van der Waals surface area contributed by atoms with Crippen LogP contribution in [0.2, 0.25) is 0 Å². The van der Waals surface area contributed by atoms with Crippen LogP contribution in [-0.4, -0.2) is 71.2 Å². The molecule has 0 aromatic carbocycles. The van der Waals surface area contributed by atoms with Crippen LogP contribution in [0.25, 0.3) is 0 Å². The maximum atomic E-state index is 10.8. The Morgan fingerprint density at radius 1 is 0.750 bits per heavy atom. The smallest absolute Gasteiger partial charge is 0.317 e. The highest BCUT2D eigenvalue weighted by atomic mass is 16.4. The van der Waals surface area contributed by atoms with E-state index >= 15 is 0 Å². The molecule has 20 heavy (non-hydrogen) atoms. The van der Waals surface area contributed by atoms with Crippen molar-refractivity contribution in [3.8, 4) is 0 Å². The summed E-state index contributed by atoms with van der Waals surface area (Å²) in [5, 5.41) is 17.8. The van der Waals surface area contributed by atoms with Gasteiger partial charge in [-0.1, -0.05) is 26.7 Å². The van der Waals surface area contributed by atoms with Crippen LogP contribution in [0.4, 0.5) is 0 Å². The second kappa shape index (κ2) is 11.7. The molecule has 118 valence electrons. The molecule has 6 nitrogen and oxygen atoms in total. The predicted octanol–water partition coefficient (Wildman–Crippen LogP) is 1.36. The molecule has 0 saturated carbocycles. The summed E-state index contributed by atoms with van der Waals surface area (Å²) >= 11 is 0. The topological polar surface area (TPSA) is 81.1 Å². The van der Waals surface area contributed by atoms with Crippen LogP contribution >= 0.6 is 0 Å². The summed E-state index contributed by atoms with van der Waals surface area (Å²) in [4.78, 5) is 25.4. The number of nitrogens with zero attached hydrogens (tertiary/aromatic N) is 2. The summed E-state index contributed by atoms with van der Waals surface area (Å²) in [6.45, 7) is 6.87. The maximum absolute atomic E-state index is 10.8. The summed E-state index contributed by atoms with van der Waals surface area (Å²) in [6, 6.07) is 0. The minimum absolute atomic E-state index is 0.0225. The van der Waals surface area contributed by atoms with Gasteiger partial charge in [0.05, 0.1) is 13.1 Å². The highest BCUT2D eigenvalue weighted by Gasteiger charge is 2.13. The zero-order chi connectivity index (χ0) is 15.4. The molecule has 0 radical (unpaired) electrons. The monoisotopic (exact) mass is 288 g/mol. The molecule has 0 aromatic heterocycles. The number of hydrogen-bond acceptors (Lipinski definition) is 4. The van der Waals surface area contributed by atoms with Gasteiger partial charge in [-0.05, 0) is 25.9 Å². The lowest BCUT2D eigenvalue weighted by atomic mass is 10.3. The third kappa shape index (κ3) is 10.8. The van der Waals surface area contributed by atoms with Crippen LogP contribution in [0.3, 0.4) is 0 Å². The first-order valence-electron chi connectivity index (χ1n) is 7.37. The first-order valence-corrected chi connectivity index (χ1v) is 7.37. The minimum Gasteiger partial charge on any atom is -0.480 e. The van der Waals surface area contributed by atoms with Crippen molar-refractivity contribution < 1.29 is 19.8 Å². The Morgan fingerprint density at radius 3 is 1.35 bits per heavy atom. The average molecular weight is 288 g/mol. The van der Waals surface area contributed by atoms with Gasteiger partial charge in [0, 0.05) is 13.1 Å². The van der Waals surface area contributed by atoms with E-state index in [9.17, 15) is 9.59 Å². The molecule has 0 bridgehead atoms. The van der Waals surface area contributed by atoms with Crippen molar-refractivity contribution in [3.63, 3.8) is 0 Å². The maximum Gasteiger partial charge on any atom is 0.317 e. The quantitative estimate of drug-likeness (QED) is 0.532. The Bertz CT molecular complexity index is 256. The number of carboxylic acids is 2. The second-order valence-corrected chi connectivity index (χ2v) is 5.05. The van der Waals surface area contributed by atoms with Crippen LogP contribution in [0, 0.1) is 0 Å². The van der Waals surface area contributed by atoms with Crippen LogP contribution in [0.5, 0.6) is 0 Å². The van der Waals surface area contributed by atoms with Gasteiger partial charge < -0.3 is 10.2 Å². The van der Waals surface area contributed by atoms with E-state index in [4.69, 9.17) is 10.2 Å². The largest absolute Gasteiger partial charge is 0.480 e. The van der Waals surface area contributed by atoms with Crippen LogP contribution < -0.4 is 0 Å². The molecule has 6 heteroatoms. The molecule has 0 atom stereocenters. The molecule has 0 saturated heterocycles. The van der Waals surface area contributed by atoms with E-state index in [2.05, 4.69) is 13.8 Å². The van der Waals surface area contributed by atoms with Gasteiger partial charge in [-0.25, -0.2) is 0 Å². The lowest BCUT2D eigenvalue weighted by Crippen LogP contribution is -2.40. The summed E-state index contributed by atoms with van der Waals surface area (Å²) in [7, 11) is 0. The fourth-order valence-electron chi connectivity index (χ4n) is 1.97. The molecule has 0 unspecified atom stereocenters. The highest BCUT2D eigenvalue weighted by Crippen LogP contribution is 1.99. The third-order valence-corrected chi connectivity index (χ3v) is 3.11. The Morgan fingerprint density at radius 2 is 1.10 bits per heavy atom. The molecule has 0 rings (SSSR count). The molecule has 0 heterocycles. The van der Waals surface area contributed by atoms with E-state index < -0.39 is 11.9 Å². The van der Waals surface area contributed by atoms with E-state index in [1.165, 1.54) is 0 Å². The predicted molar refractivity (Wildman–Crippen MR) is 78.0 cm³/mol. The highest BCUT2D eigenvalue weighted by molar-refractivity contribution is 5.69. The van der Waals surface area contributed by atoms with Crippen molar-refractivity contribution in [2.75, 3.05) is 39.3 Å². The number of unbranched alkanes of at least 4 members (excludes halogenated alkanes) is 2. The van der Waals surface area contributed by atoms with E-state index in [-0.39, 0.29) is 13.1 Å². The van der Waals surface area contributed by atoms with Crippen molar-refractivity contribution in [1.29, 1.82) is 0 Å². The number of aliphatic carboxylic acids is 2. The van der Waals surface area contributed by atoms with Crippen molar-refractivity contribution in [1.82, 2.24) is 9.80 Å². The van der Waals surface area contributed by atoms with E-state index in [1.54, 1.807) is 0 Å². The van der Waals surface area contributed by atoms with E-state index in [0.29, 0.717) is 13.1 Å². The summed E-state index contributed by atoms with van der Waals surface area (Å²) in [5.74, 6) is -1.67. The van der Waals surface area contributed by atoms with Gasteiger partial charge >= 0.3 is 11.9 Å². The molecule has 0 amide bonds. The molecule has 0 spiro atoms. The molecule has 0 aliphatic rings. The van der Waals surface area contributed by atoms with Crippen molar-refractivity contribution in [2.45, 2.75) is 39.5 Å². The van der Waals surface area contributed by atoms with Crippen molar-refractivity contribution >= 4 is 11.9 Å². The number of carboxylic acid groups (broad SMARTS) is 2. The molecule has 0 aliphatic heterocycles. The molecule has 0 fully saturated rings. The summed E-state index contributed by atoms with van der Waals surface area (Å²) < 4.78 is 0. The Labute approximate surface area is 121 Å². The van der Waals surface area contributed by atoms with Crippen molar-refractivity contribution in [3.05, 3.63) is 0 Å². The lowest BCUT2D eigenvalue weighted by molar-refractivity contribution is -0.140. The molecule has 0 aromatic rings. The molecular weight excluding hydrogens is 260 g/mol. The van der Waals surface area contributed by atoms with Gasteiger partial charge in [-0.2, -0.15) is 0 Å². The van der Waals surface area contributed by atoms with E-state index in [1.807, 2.05) is 9.80 Å². The average Bonchev–Trinajstić information content (AvgIpc) is 2.37. The molecule has 0 aliphatic carbocycles. The zero-order valence-corrected chi connectivity index (χ0v) is 12.7. The number of hydrogen-bond donors (Lipinski definition) is 2. The van der Waals surface area contributed by atoms with Crippen LogP contribution in [0.15, 0.2) is 0 Å². The Kier molecular flexibility index (Phi) is 11.0. The summed E-state index contributed by atoms with van der Waals surface area (Å²) in [6.07, 6.45) is 3.96. The van der Waals surface area contributed by atoms with Gasteiger partial charge in [-0.3, -0.25) is 19.4 Å². The van der Waals surface area contributed by atoms with Gasteiger partial charge in [0.15, 0.2) is 0 Å². The fraction of sp³-hybridized carbons (Fsp3) is 0.857. The van der Waals surface area contributed by atoms with E-state index in [0.717, 1.165) is 38.8 Å². The normalized spacial score (nSPS) is 11.2. The number of rotatable bonds is 13. The zero-order valence-electron chi connectivity index (χ0n) is 12.7. The van der Waals surface area contributed by atoms with Gasteiger partial charge in [0.2, 0.25) is 0 Å². The fourth-order valence-corrected chi connectivity index (χ4v) is 1.97. The second-order valence-electron chi connectivity index (χ2n) is 5.05. The van der Waals surface area contributed by atoms with Gasteiger partial charge in [-0.15, -0.1) is 0 Å². The first-order chi connectivity index (χ1) is 9.49. The SMILES string of the molecule is CCCCN(CCN(CCCC)CC(=O)O)CC(=O)O. The lowest BCUT2D eigenvalue weighted by Gasteiger charge is -2.25. The van der Waals surface area contributed by atoms with Gasteiger partial charge in [0.25, 0.3) is 0 Å². The number of carbonyl (C=O) groups is 2. The molecular formula is C14H28N2O4. The third-order valence-electron chi connectivity index (χ3n) is 3.11. The Hall–Kier alpha value is -1.14. The standard InChI is InChI=1S/C14H28N2O4/c1-3-5-7-15(11-13(17)18)9-10-16(8-6-4-2)12-14(19)20/h3-12H2,1-2H3,(H,17,18)(H,19,20). The molecule has 2 N–H and O–H groups in total. The Balaban J connectivity index is 4.26. The minimum atomic E-state index is -0.834. The first kappa shape index (κ1) is 18.9. The van der Waals surface area contributed by atoms with Crippen molar-refractivity contribution in [2.24, 2.45) is 0 Å². The summed E-state index contributed by atoms with van der Waals surface area (Å²) in [5.41, 5.74) is 0. The van der Waals surface area contributed by atoms with Gasteiger partial charge in [0.1, 0.15) is 0 Å². The van der Waals surface area contributed by atoms with Crippen LogP contribution in [-0.2, 0) is 9.59 Å².